The van der Waals surface area contributed by atoms with Crippen LogP contribution in [0.3, 0.4) is 0 Å². The van der Waals surface area contributed by atoms with Crippen LogP contribution < -0.4 is 0 Å². The predicted molar refractivity (Wildman–Crippen MR) is 91.5 cm³/mol. The molecule has 0 radical (unpaired) electrons. The van der Waals surface area contributed by atoms with E-state index in [1.807, 2.05) is 25.1 Å². The lowest BCUT2D eigenvalue weighted by atomic mass is 9.97. The van der Waals surface area contributed by atoms with E-state index in [1.165, 1.54) is 0 Å². The molecule has 1 unspecified atom stereocenters. The summed E-state index contributed by atoms with van der Waals surface area (Å²) < 4.78 is 2.08. The number of rotatable bonds is 3. The first-order valence-corrected chi connectivity index (χ1v) is 9.10. The van der Waals surface area contributed by atoms with Crippen LogP contribution in [-0.2, 0) is 16.6 Å². The predicted octanol–water partition coefficient (Wildman–Crippen LogP) is 1.84. The van der Waals surface area contributed by atoms with E-state index in [-0.39, 0.29) is 18.4 Å². The number of hydrogen-bond acceptors (Lipinski definition) is 3. The van der Waals surface area contributed by atoms with Gasteiger partial charge in [0.1, 0.15) is 5.82 Å². The molecule has 0 aromatic carbocycles. The number of amides is 2. The molecule has 1 aromatic heterocycles. The molecule has 3 rings (SSSR count). The summed E-state index contributed by atoms with van der Waals surface area (Å²) in [5.41, 5.74) is 1.02. The largest absolute Gasteiger partial charge is 0.340 e. The Labute approximate surface area is 143 Å². The van der Waals surface area contributed by atoms with Crippen LogP contribution >= 0.6 is 0 Å². The van der Waals surface area contributed by atoms with Crippen molar-refractivity contribution in [1.82, 2.24) is 19.4 Å². The van der Waals surface area contributed by atoms with Gasteiger partial charge in [-0.15, -0.1) is 0 Å². The van der Waals surface area contributed by atoms with Gasteiger partial charge in [-0.25, -0.2) is 4.98 Å². The Morgan fingerprint density at radius 3 is 2.83 bits per heavy atom. The quantitative estimate of drug-likeness (QED) is 0.848. The molecule has 1 atom stereocenters. The Kier molecular flexibility index (Phi) is 5.21. The van der Waals surface area contributed by atoms with E-state index in [0.717, 1.165) is 56.7 Å². The Hall–Kier alpha value is -1.85. The highest BCUT2D eigenvalue weighted by Crippen LogP contribution is 2.26. The summed E-state index contributed by atoms with van der Waals surface area (Å²) >= 11 is 0. The maximum atomic E-state index is 12.7. The summed E-state index contributed by atoms with van der Waals surface area (Å²) in [5.74, 6) is 1.58. The molecule has 6 nitrogen and oxygen atoms in total. The molecule has 1 aromatic rings. The van der Waals surface area contributed by atoms with Crippen LogP contribution in [0.4, 0.5) is 0 Å². The molecule has 24 heavy (non-hydrogen) atoms. The molecule has 0 spiro atoms. The molecular weight excluding hydrogens is 304 g/mol. The van der Waals surface area contributed by atoms with Crippen LogP contribution in [0.15, 0.2) is 6.20 Å². The minimum atomic E-state index is 0.0841. The highest BCUT2D eigenvalue weighted by atomic mass is 16.2. The molecule has 2 aliphatic rings. The summed E-state index contributed by atoms with van der Waals surface area (Å²) in [7, 11) is 2.02. The van der Waals surface area contributed by atoms with Crippen molar-refractivity contribution in [1.29, 1.82) is 0 Å². The Bertz CT molecular complexity index is 610. The third kappa shape index (κ3) is 3.79. The van der Waals surface area contributed by atoms with E-state index >= 15 is 0 Å². The molecule has 0 saturated carbocycles. The average Bonchev–Trinajstić information content (AvgIpc) is 2.78. The number of carbonyl (C=O) groups is 2. The normalized spacial score (nSPS) is 22.6. The van der Waals surface area contributed by atoms with Gasteiger partial charge in [0.2, 0.25) is 11.8 Å². The number of aromatic nitrogens is 2. The zero-order valence-electron chi connectivity index (χ0n) is 14.8. The molecule has 0 bridgehead atoms. The van der Waals surface area contributed by atoms with Crippen molar-refractivity contribution in [3.05, 3.63) is 17.7 Å². The first-order valence-electron chi connectivity index (χ1n) is 9.10. The Balaban J connectivity index is 1.62. The number of carbonyl (C=O) groups excluding carboxylic acids is 2. The summed E-state index contributed by atoms with van der Waals surface area (Å²) in [5, 5.41) is 0. The standard InChI is InChI=1S/C18H28N4O2/c1-14-11-20(2)18(19-14)15-7-6-10-21(12-15)17(24)13-22-9-5-3-4-8-16(22)23/h11,15H,3-10,12-13H2,1-2H3. The molecule has 132 valence electrons. The zero-order valence-corrected chi connectivity index (χ0v) is 14.8. The minimum Gasteiger partial charge on any atom is -0.340 e. The molecule has 6 heteroatoms. The number of hydrogen-bond donors (Lipinski definition) is 0. The second-order valence-electron chi connectivity index (χ2n) is 7.16. The van der Waals surface area contributed by atoms with Gasteiger partial charge < -0.3 is 14.4 Å². The third-order valence-electron chi connectivity index (χ3n) is 5.17. The van der Waals surface area contributed by atoms with E-state index < -0.39 is 0 Å². The SMILES string of the molecule is Cc1cn(C)c(C2CCCN(C(=O)CN3CCCCCC3=O)C2)n1. The maximum Gasteiger partial charge on any atom is 0.242 e. The van der Waals surface area contributed by atoms with Crippen molar-refractivity contribution in [2.24, 2.45) is 7.05 Å². The maximum absolute atomic E-state index is 12.7. The van der Waals surface area contributed by atoms with Crippen LogP contribution in [0.1, 0.15) is 56.0 Å². The van der Waals surface area contributed by atoms with Gasteiger partial charge in [0.15, 0.2) is 0 Å². The second kappa shape index (κ2) is 7.36. The molecule has 0 N–H and O–H groups in total. The third-order valence-corrected chi connectivity index (χ3v) is 5.17. The van der Waals surface area contributed by atoms with Crippen LogP contribution in [0.2, 0.25) is 0 Å². The molecule has 2 amide bonds. The van der Waals surface area contributed by atoms with Gasteiger partial charge in [-0.1, -0.05) is 6.42 Å². The van der Waals surface area contributed by atoms with Crippen molar-refractivity contribution in [3.8, 4) is 0 Å². The first-order chi connectivity index (χ1) is 11.5. The van der Waals surface area contributed by atoms with E-state index in [0.29, 0.717) is 18.9 Å². The number of piperidine rings is 1. The van der Waals surface area contributed by atoms with Gasteiger partial charge in [0.05, 0.1) is 12.2 Å². The van der Waals surface area contributed by atoms with E-state index in [2.05, 4.69) is 9.55 Å². The van der Waals surface area contributed by atoms with Crippen molar-refractivity contribution >= 4 is 11.8 Å². The molecule has 2 fully saturated rings. The molecule has 2 saturated heterocycles. The van der Waals surface area contributed by atoms with Crippen molar-refractivity contribution < 1.29 is 9.59 Å². The number of aryl methyl sites for hydroxylation is 2. The van der Waals surface area contributed by atoms with Crippen molar-refractivity contribution in [2.75, 3.05) is 26.2 Å². The van der Waals surface area contributed by atoms with Gasteiger partial charge in [-0.2, -0.15) is 0 Å². The fraction of sp³-hybridized carbons (Fsp3) is 0.722. The second-order valence-corrected chi connectivity index (χ2v) is 7.16. The van der Waals surface area contributed by atoms with E-state index in [4.69, 9.17) is 0 Å². The minimum absolute atomic E-state index is 0.0841. The highest BCUT2D eigenvalue weighted by Gasteiger charge is 2.29. The van der Waals surface area contributed by atoms with Gasteiger partial charge in [-0.3, -0.25) is 9.59 Å². The summed E-state index contributed by atoms with van der Waals surface area (Å²) in [4.78, 5) is 33.1. The fourth-order valence-corrected chi connectivity index (χ4v) is 3.90. The first kappa shape index (κ1) is 17.0. The monoisotopic (exact) mass is 332 g/mol. The fourth-order valence-electron chi connectivity index (χ4n) is 3.90. The number of imidazole rings is 1. The molecule has 0 aliphatic carbocycles. The smallest absolute Gasteiger partial charge is 0.242 e. The summed E-state index contributed by atoms with van der Waals surface area (Å²) in [6, 6.07) is 0. The van der Waals surface area contributed by atoms with Crippen LogP contribution in [0.25, 0.3) is 0 Å². The van der Waals surface area contributed by atoms with Crippen molar-refractivity contribution in [3.63, 3.8) is 0 Å². The van der Waals surface area contributed by atoms with Gasteiger partial charge in [-0.05, 0) is 32.6 Å². The summed E-state index contributed by atoms with van der Waals surface area (Å²) in [6.45, 7) is 4.47. The topological polar surface area (TPSA) is 58.4 Å². The van der Waals surface area contributed by atoms with Gasteiger partial charge >= 0.3 is 0 Å². The lowest BCUT2D eigenvalue weighted by Crippen LogP contribution is -2.46. The Morgan fingerprint density at radius 2 is 2.08 bits per heavy atom. The zero-order chi connectivity index (χ0) is 17.1. The Morgan fingerprint density at radius 1 is 1.25 bits per heavy atom. The molecular formula is C18H28N4O2. The van der Waals surface area contributed by atoms with Gasteiger partial charge in [0.25, 0.3) is 0 Å². The number of nitrogens with zero attached hydrogens (tertiary/aromatic N) is 4. The van der Waals surface area contributed by atoms with Crippen molar-refractivity contribution in [2.45, 2.75) is 51.4 Å². The van der Waals surface area contributed by atoms with E-state index in [1.54, 1.807) is 4.90 Å². The van der Waals surface area contributed by atoms with Crippen LogP contribution in [-0.4, -0.2) is 57.3 Å². The lowest BCUT2D eigenvalue weighted by molar-refractivity contribution is -0.140. The highest BCUT2D eigenvalue weighted by molar-refractivity contribution is 5.85. The number of likely N-dealkylation sites (tertiary alicyclic amines) is 2. The molecule has 3 heterocycles. The lowest BCUT2D eigenvalue weighted by Gasteiger charge is -2.34. The van der Waals surface area contributed by atoms with Crippen LogP contribution in [0.5, 0.6) is 0 Å². The average molecular weight is 332 g/mol. The van der Waals surface area contributed by atoms with Gasteiger partial charge in [0, 0.05) is 45.2 Å². The van der Waals surface area contributed by atoms with E-state index in [9.17, 15) is 9.59 Å². The van der Waals surface area contributed by atoms with Crippen LogP contribution in [0, 0.1) is 6.92 Å². The molecule has 2 aliphatic heterocycles. The summed E-state index contributed by atoms with van der Waals surface area (Å²) in [6.07, 6.45) is 7.73.